The summed E-state index contributed by atoms with van der Waals surface area (Å²) in [5, 5.41) is 26.7. The van der Waals surface area contributed by atoms with Crippen molar-refractivity contribution in [1.29, 1.82) is 5.26 Å². The van der Waals surface area contributed by atoms with Gasteiger partial charge in [-0.2, -0.15) is 5.26 Å². The van der Waals surface area contributed by atoms with Crippen LogP contribution in [0.4, 0.5) is 11.4 Å². The summed E-state index contributed by atoms with van der Waals surface area (Å²) in [5.74, 6) is -1.38. The number of hydrogen-bond acceptors (Lipinski definition) is 6. The molecule has 0 aliphatic rings. The first-order chi connectivity index (χ1) is 9.19. The molecule has 0 bridgehead atoms. The van der Waals surface area contributed by atoms with Gasteiger partial charge in [-0.3, -0.25) is 14.8 Å². The highest BCUT2D eigenvalue weighted by Crippen LogP contribution is 2.27. The second-order valence-electron chi connectivity index (χ2n) is 3.71. The first-order valence-corrected chi connectivity index (χ1v) is 6.66. The van der Waals surface area contributed by atoms with Gasteiger partial charge >= 0.3 is 5.97 Å². The predicted octanol–water partition coefficient (Wildman–Crippen LogP) is 0.947. The number of carboxylic acids is 1. The molecule has 0 amide bonds. The number of rotatable bonds is 5. The molecule has 1 aromatic rings. The number of benzene rings is 1. The molecule has 0 aliphatic heterocycles. The normalized spacial score (nSPS) is 12.2. The van der Waals surface area contributed by atoms with E-state index >= 15 is 0 Å². The zero-order valence-corrected chi connectivity index (χ0v) is 10.9. The van der Waals surface area contributed by atoms with E-state index in [2.05, 4.69) is 0 Å². The van der Waals surface area contributed by atoms with Gasteiger partial charge < -0.3 is 5.11 Å². The number of nitro groups is 1. The Labute approximate surface area is 113 Å². The van der Waals surface area contributed by atoms with Crippen molar-refractivity contribution >= 4 is 27.4 Å². The van der Waals surface area contributed by atoms with Crippen LogP contribution in [0.1, 0.15) is 17.3 Å². The molecule has 0 spiro atoms. The molecule has 20 heavy (non-hydrogen) atoms. The van der Waals surface area contributed by atoms with Gasteiger partial charge in [0.05, 0.1) is 16.6 Å². The Hall–Kier alpha value is -2.67. The molecule has 0 radical (unpaired) electrons. The van der Waals surface area contributed by atoms with Crippen LogP contribution in [0.3, 0.4) is 0 Å². The fourth-order valence-corrected chi connectivity index (χ4v) is 2.01. The number of aromatic carboxylic acids is 1. The van der Waals surface area contributed by atoms with Gasteiger partial charge in [0, 0.05) is 6.07 Å². The summed E-state index contributed by atoms with van der Waals surface area (Å²) in [6.45, 7) is 1.11. The minimum atomic E-state index is -4.12. The number of carboxylic acid groups (broad SMARTS) is 1. The fraction of sp³-hybridized carbons (Fsp3) is 0.200. The maximum atomic E-state index is 11.7. The molecule has 0 saturated heterocycles. The van der Waals surface area contributed by atoms with E-state index in [-0.39, 0.29) is 5.56 Å². The van der Waals surface area contributed by atoms with Crippen molar-refractivity contribution in [3.8, 4) is 6.07 Å². The second kappa shape index (κ2) is 5.54. The maximum absolute atomic E-state index is 11.7. The van der Waals surface area contributed by atoms with E-state index in [0.717, 1.165) is 25.1 Å². The molecule has 1 unspecified atom stereocenters. The summed E-state index contributed by atoms with van der Waals surface area (Å²) < 4.78 is 25.2. The molecule has 1 rings (SSSR count). The highest BCUT2D eigenvalue weighted by molar-refractivity contribution is 7.93. The highest BCUT2D eigenvalue weighted by atomic mass is 32.2. The van der Waals surface area contributed by atoms with Crippen LogP contribution in [-0.2, 0) is 10.0 Å². The molecule has 106 valence electrons. The monoisotopic (exact) mass is 299 g/mol. The van der Waals surface area contributed by atoms with E-state index in [9.17, 15) is 23.3 Å². The van der Waals surface area contributed by atoms with Gasteiger partial charge in [0.25, 0.3) is 5.69 Å². The molecule has 9 nitrogen and oxygen atoms in total. The third kappa shape index (κ3) is 3.21. The number of sulfonamides is 1. The SMILES string of the molecule is CC(C#N)S(=O)(=O)Nc1ccc(C(=O)O)cc1[N+](=O)[O-]. The average Bonchev–Trinajstić information content (AvgIpc) is 2.37. The molecule has 1 aromatic carbocycles. The number of nitriles is 1. The Morgan fingerprint density at radius 2 is 2.15 bits per heavy atom. The summed E-state index contributed by atoms with van der Waals surface area (Å²) in [7, 11) is -4.12. The minimum absolute atomic E-state index is 0.354. The highest BCUT2D eigenvalue weighted by Gasteiger charge is 2.25. The van der Waals surface area contributed by atoms with Gasteiger partial charge in [0.2, 0.25) is 10.0 Å². The summed E-state index contributed by atoms with van der Waals surface area (Å²) in [4.78, 5) is 20.6. The van der Waals surface area contributed by atoms with Crippen molar-refractivity contribution < 1.29 is 23.2 Å². The van der Waals surface area contributed by atoms with Gasteiger partial charge in [-0.05, 0) is 19.1 Å². The molecule has 2 N–H and O–H groups in total. The largest absolute Gasteiger partial charge is 0.478 e. The Morgan fingerprint density at radius 1 is 1.55 bits per heavy atom. The van der Waals surface area contributed by atoms with Gasteiger partial charge in [-0.15, -0.1) is 0 Å². The molecule has 0 aliphatic carbocycles. The Balaban J connectivity index is 3.30. The van der Waals surface area contributed by atoms with Crippen molar-refractivity contribution in [2.45, 2.75) is 12.2 Å². The van der Waals surface area contributed by atoms with E-state index in [4.69, 9.17) is 10.4 Å². The van der Waals surface area contributed by atoms with Gasteiger partial charge in [-0.25, -0.2) is 13.2 Å². The number of anilines is 1. The van der Waals surface area contributed by atoms with Crippen molar-refractivity contribution in [2.24, 2.45) is 0 Å². The third-order valence-electron chi connectivity index (χ3n) is 2.34. The number of nitro benzene ring substituents is 1. The van der Waals surface area contributed by atoms with E-state index in [1.54, 1.807) is 0 Å². The van der Waals surface area contributed by atoms with E-state index < -0.39 is 37.5 Å². The van der Waals surface area contributed by atoms with Crippen molar-refractivity contribution in [2.75, 3.05) is 4.72 Å². The van der Waals surface area contributed by atoms with Crippen LogP contribution in [0, 0.1) is 21.4 Å². The number of hydrogen-bond donors (Lipinski definition) is 2. The molecule has 0 aromatic heterocycles. The smallest absolute Gasteiger partial charge is 0.335 e. The molecular weight excluding hydrogens is 290 g/mol. The molecular formula is C10H9N3O6S. The number of carbonyl (C=O) groups is 1. The molecule has 1 atom stereocenters. The topological polar surface area (TPSA) is 150 Å². The lowest BCUT2D eigenvalue weighted by molar-refractivity contribution is -0.383. The van der Waals surface area contributed by atoms with Crippen LogP contribution < -0.4 is 4.72 Å². The summed E-state index contributed by atoms with van der Waals surface area (Å²) in [6, 6.07) is 4.20. The third-order valence-corrected chi connectivity index (χ3v) is 3.88. The zero-order chi connectivity index (χ0) is 15.5. The first-order valence-electron chi connectivity index (χ1n) is 5.12. The molecule has 0 fully saturated rings. The Bertz CT molecular complexity index is 706. The predicted molar refractivity (Wildman–Crippen MR) is 67.7 cm³/mol. The van der Waals surface area contributed by atoms with Crippen LogP contribution in [0.25, 0.3) is 0 Å². The lowest BCUT2D eigenvalue weighted by Crippen LogP contribution is -2.24. The van der Waals surface area contributed by atoms with Crippen LogP contribution in [0.15, 0.2) is 18.2 Å². The maximum Gasteiger partial charge on any atom is 0.335 e. The fourth-order valence-electron chi connectivity index (χ4n) is 1.21. The van der Waals surface area contributed by atoms with Crippen molar-refractivity contribution in [3.05, 3.63) is 33.9 Å². The molecule has 0 heterocycles. The second-order valence-corrected chi connectivity index (χ2v) is 5.71. The minimum Gasteiger partial charge on any atom is -0.478 e. The van der Waals surface area contributed by atoms with Crippen LogP contribution in [-0.4, -0.2) is 29.7 Å². The van der Waals surface area contributed by atoms with Crippen LogP contribution in [0.5, 0.6) is 0 Å². The van der Waals surface area contributed by atoms with Crippen molar-refractivity contribution in [1.82, 2.24) is 0 Å². The van der Waals surface area contributed by atoms with Crippen LogP contribution in [0.2, 0.25) is 0 Å². The van der Waals surface area contributed by atoms with E-state index in [1.165, 1.54) is 6.07 Å². The Kier molecular flexibility index (Phi) is 4.26. The van der Waals surface area contributed by atoms with Crippen molar-refractivity contribution in [3.63, 3.8) is 0 Å². The average molecular weight is 299 g/mol. The van der Waals surface area contributed by atoms with Gasteiger partial charge in [0.1, 0.15) is 5.69 Å². The number of nitrogens with one attached hydrogen (secondary N) is 1. The lowest BCUT2D eigenvalue weighted by atomic mass is 10.2. The quantitative estimate of drug-likeness (QED) is 0.606. The molecule has 0 saturated carbocycles. The lowest BCUT2D eigenvalue weighted by Gasteiger charge is -2.09. The molecule has 10 heteroatoms. The summed E-state index contributed by atoms with van der Waals surface area (Å²) >= 11 is 0. The number of nitrogens with zero attached hydrogens (tertiary/aromatic N) is 2. The summed E-state index contributed by atoms with van der Waals surface area (Å²) in [6.07, 6.45) is 0. The van der Waals surface area contributed by atoms with Gasteiger partial charge in [-0.1, -0.05) is 0 Å². The van der Waals surface area contributed by atoms with Gasteiger partial charge in [0.15, 0.2) is 5.25 Å². The first kappa shape index (κ1) is 15.4. The van der Waals surface area contributed by atoms with E-state index in [1.807, 2.05) is 4.72 Å². The standard InChI is InChI=1S/C10H9N3O6S/c1-6(5-11)20(18,19)12-8-3-2-7(10(14)15)4-9(8)13(16)17/h2-4,6,12H,1H3,(H,14,15). The van der Waals surface area contributed by atoms with E-state index in [0.29, 0.717) is 0 Å². The zero-order valence-electron chi connectivity index (χ0n) is 10.1. The van der Waals surface area contributed by atoms with Crippen LogP contribution >= 0.6 is 0 Å². The summed E-state index contributed by atoms with van der Waals surface area (Å²) in [5.41, 5.74) is -1.46. The Morgan fingerprint density at radius 3 is 2.60 bits per heavy atom.